The molecular weight excluding hydrogens is 309 g/mol. The maximum atomic E-state index is 12.5. The Labute approximate surface area is 142 Å². The van der Waals surface area contributed by atoms with Gasteiger partial charge in [-0.1, -0.05) is 51.1 Å². The molecule has 2 bridgehead atoms. The smallest absolute Gasteiger partial charge is 0.404 e. The Bertz CT molecular complexity index is 673. The SMILES string of the molecule is CC1(C)[C@@H]2CC[C@@]1(C)[C@]1(c3ccccc3)OB(CC=C(F)F)O[C@H]21. The van der Waals surface area contributed by atoms with Crippen molar-refractivity contribution in [2.75, 3.05) is 0 Å². The third-order valence-electron chi connectivity index (χ3n) is 7.17. The van der Waals surface area contributed by atoms with Crippen molar-refractivity contribution in [3.63, 3.8) is 0 Å². The second kappa shape index (κ2) is 5.15. The van der Waals surface area contributed by atoms with Gasteiger partial charge in [-0.3, -0.25) is 0 Å². The highest BCUT2D eigenvalue weighted by Gasteiger charge is 2.78. The molecule has 4 atom stereocenters. The normalized spacial score (nSPS) is 39.1. The summed E-state index contributed by atoms with van der Waals surface area (Å²) in [4.78, 5) is 0. The Morgan fingerprint density at radius 1 is 1.25 bits per heavy atom. The second-order valence-corrected chi connectivity index (χ2v) is 8.13. The van der Waals surface area contributed by atoms with Gasteiger partial charge < -0.3 is 9.31 Å². The highest BCUT2D eigenvalue weighted by atomic mass is 19.3. The number of allylic oxidation sites excluding steroid dienone is 1. The first-order chi connectivity index (χ1) is 11.3. The van der Waals surface area contributed by atoms with Gasteiger partial charge in [-0.2, -0.15) is 8.78 Å². The lowest BCUT2D eigenvalue weighted by molar-refractivity contribution is -0.0804. The highest BCUT2D eigenvalue weighted by Crippen LogP contribution is 2.76. The van der Waals surface area contributed by atoms with E-state index in [1.54, 1.807) is 0 Å². The van der Waals surface area contributed by atoms with Crippen molar-refractivity contribution >= 4 is 7.12 Å². The summed E-state index contributed by atoms with van der Waals surface area (Å²) < 4.78 is 37.7. The van der Waals surface area contributed by atoms with Crippen LogP contribution in [-0.2, 0) is 14.9 Å². The molecule has 3 aliphatic rings. The Morgan fingerprint density at radius 3 is 2.62 bits per heavy atom. The molecule has 5 heteroatoms. The minimum absolute atomic E-state index is 0.0743. The van der Waals surface area contributed by atoms with Gasteiger partial charge in [0.05, 0.1) is 6.10 Å². The van der Waals surface area contributed by atoms with E-state index in [-0.39, 0.29) is 23.3 Å². The van der Waals surface area contributed by atoms with Crippen LogP contribution in [0.15, 0.2) is 42.5 Å². The Kier molecular flexibility index (Phi) is 3.49. The molecule has 1 aromatic carbocycles. The lowest BCUT2D eigenvalue weighted by Gasteiger charge is -2.48. The second-order valence-electron chi connectivity index (χ2n) is 8.13. The fraction of sp³-hybridized carbons (Fsp3) is 0.579. The van der Waals surface area contributed by atoms with Crippen LogP contribution in [0.5, 0.6) is 0 Å². The first-order valence-electron chi connectivity index (χ1n) is 8.73. The van der Waals surface area contributed by atoms with Gasteiger partial charge in [0.1, 0.15) is 5.60 Å². The average Bonchev–Trinajstić information content (AvgIpc) is 3.09. The summed E-state index contributed by atoms with van der Waals surface area (Å²) in [6.07, 6.45) is 1.42. The third kappa shape index (κ3) is 1.83. The number of hydrogen-bond donors (Lipinski definition) is 0. The van der Waals surface area contributed by atoms with E-state index in [0.717, 1.165) is 24.5 Å². The highest BCUT2D eigenvalue weighted by molar-refractivity contribution is 6.46. The van der Waals surface area contributed by atoms with Gasteiger partial charge in [0, 0.05) is 11.7 Å². The summed E-state index contributed by atoms with van der Waals surface area (Å²) in [5.74, 6) is 0.381. The molecule has 2 aliphatic carbocycles. The fourth-order valence-corrected chi connectivity index (χ4v) is 5.64. The van der Waals surface area contributed by atoms with E-state index in [1.165, 1.54) is 0 Å². The van der Waals surface area contributed by atoms with E-state index in [4.69, 9.17) is 9.31 Å². The third-order valence-corrected chi connectivity index (χ3v) is 7.17. The monoisotopic (exact) mass is 332 g/mol. The van der Waals surface area contributed by atoms with Crippen LogP contribution in [0.3, 0.4) is 0 Å². The molecule has 2 saturated carbocycles. The Balaban J connectivity index is 1.80. The molecule has 0 unspecified atom stereocenters. The van der Waals surface area contributed by atoms with E-state index in [1.807, 2.05) is 18.2 Å². The van der Waals surface area contributed by atoms with Gasteiger partial charge in [0.15, 0.2) is 0 Å². The summed E-state index contributed by atoms with van der Waals surface area (Å²) >= 11 is 0. The van der Waals surface area contributed by atoms with Gasteiger partial charge in [-0.25, -0.2) is 0 Å². The molecule has 1 heterocycles. The van der Waals surface area contributed by atoms with E-state index in [2.05, 4.69) is 32.9 Å². The molecule has 24 heavy (non-hydrogen) atoms. The molecule has 0 amide bonds. The van der Waals surface area contributed by atoms with E-state index in [9.17, 15) is 8.78 Å². The number of halogens is 2. The molecule has 3 fully saturated rings. The summed E-state index contributed by atoms with van der Waals surface area (Å²) in [5, 5.41) is 0. The largest absolute Gasteiger partial charge is 0.462 e. The molecule has 1 saturated heterocycles. The first-order valence-corrected chi connectivity index (χ1v) is 8.73. The van der Waals surface area contributed by atoms with Gasteiger partial charge in [-0.15, -0.1) is 0 Å². The molecule has 0 aromatic heterocycles. The lowest BCUT2D eigenvalue weighted by Crippen LogP contribution is -2.50. The van der Waals surface area contributed by atoms with Crippen LogP contribution < -0.4 is 0 Å². The Morgan fingerprint density at radius 2 is 1.96 bits per heavy atom. The molecule has 4 rings (SSSR count). The minimum Gasteiger partial charge on any atom is -0.404 e. The van der Waals surface area contributed by atoms with Gasteiger partial charge >= 0.3 is 7.12 Å². The lowest BCUT2D eigenvalue weighted by atomic mass is 9.61. The zero-order valence-electron chi connectivity index (χ0n) is 14.4. The van der Waals surface area contributed by atoms with Gasteiger partial charge in [-0.05, 0) is 35.8 Å². The molecule has 2 nitrogen and oxygen atoms in total. The average molecular weight is 332 g/mol. The molecular formula is C19H23BF2O2. The molecule has 0 spiro atoms. The number of rotatable bonds is 3. The quantitative estimate of drug-likeness (QED) is 0.724. The van der Waals surface area contributed by atoms with Crippen LogP contribution in [0, 0.1) is 16.7 Å². The van der Waals surface area contributed by atoms with Gasteiger partial charge in [0.25, 0.3) is 6.08 Å². The summed E-state index contributed by atoms with van der Waals surface area (Å²) in [5.41, 5.74) is 0.565. The van der Waals surface area contributed by atoms with E-state index < -0.39 is 18.8 Å². The zero-order chi connectivity index (χ0) is 17.2. The van der Waals surface area contributed by atoms with Crippen molar-refractivity contribution in [1.29, 1.82) is 0 Å². The topological polar surface area (TPSA) is 18.5 Å². The fourth-order valence-electron chi connectivity index (χ4n) is 5.64. The summed E-state index contributed by atoms with van der Waals surface area (Å²) in [6.45, 7) is 6.89. The first kappa shape index (κ1) is 16.3. The van der Waals surface area contributed by atoms with Crippen LogP contribution >= 0.6 is 0 Å². The molecule has 1 aromatic rings. The van der Waals surface area contributed by atoms with Crippen LogP contribution in [0.4, 0.5) is 8.78 Å². The van der Waals surface area contributed by atoms with Crippen LogP contribution in [0.25, 0.3) is 0 Å². The predicted octanol–water partition coefficient (Wildman–Crippen LogP) is 5.02. The van der Waals surface area contributed by atoms with Crippen molar-refractivity contribution in [2.24, 2.45) is 16.7 Å². The molecule has 0 radical (unpaired) electrons. The zero-order valence-corrected chi connectivity index (χ0v) is 14.4. The number of hydrogen-bond acceptors (Lipinski definition) is 2. The van der Waals surface area contributed by atoms with E-state index >= 15 is 0 Å². The predicted molar refractivity (Wildman–Crippen MR) is 89.6 cm³/mol. The molecule has 1 aliphatic heterocycles. The minimum atomic E-state index is -1.68. The summed E-state index contributed by atoms with van der Waals surface area (Å²) in [6, 6.07) is 10.2. The number of benzene rings is 1. The molecule has 0 N–H and O–H groups in total. The van der Waals surface area contributed by atoms with Crippen LogP contribution in [0.2, 0.25) is 6.32 Å². The number of fused-ring (bicyclic) bond motifs is 5. The van der Waals surface area contributed by atoms with Crippen LogP contribution in [-0.4, -0.2) is 13.2 Å². The van der Waals surface area contributed by atoms with Gasteiger partial charge in [0.2, 0.25) is 0 Å². The maximum Gasteiger partial charge on any atom is 0.462 e. The van der Waals surface area contributed by atoms with Crippen molar-refractivity contribution in [1.82, 2.24) is 0 Å². The Hall–Kier alpha value is -1.20. The maximum absolute atomic E-state index is 12.5. The summed E-state index contributed by atoms with van der Waals surface area (Å²) in [7, 11) is -0.604. The standard InChI is InChI=1S/C19H23BF2O2/c1-17(2)14-9-11-18(17,3)19(13-7-5-4-6-8-13)16(14)23-20(24-19)12-10-15(21)22/h4-8,10,14,16H,9,11-12H2,1-3H3/t14-,16-,18-,19-/m1/s1. The van der Waals surface area contributed by atoms with Crippen molar-refractivity contribution in [3.8, 4) is 0 Å². The molecule has 128 valence electrons. The van der Waals surface area contributed by atoms with Crippen LogP contribution in [0.1, 0.15) is 39.2 Å². The van der Waals surface area contributed by atoms with E-state index in [0.29, 0.717) is 5.92 Å². The van der Waals surface area contributed by atoms with Crippen molar-refractivity contribution in [2.45, 2.75) is 51.6 Å². The van der Waals surface area contributed by atoms with Crippen molar-refractivity contribution < 1.29 is 18.1 Å². The van der Waals surface area contributed by atoms with Crippen molar-refractivity contribution in [3.05, 3.63) is 48.1 Å².